The van der Waals surface area contributed by atoms with Crippen molar-refractivity contribution < 1.29 is 17.6 Å². The minimum Gasteiger partial charge on any atom is -0.369 e. The van der Waals surface area contributed by atoms with Gasteiger partial charge >= 0.3 is 0 Å². The first kappa shape index (κ1) is 26.6. The average Bonchev–Trinajstić information content (AvgIpc) is 3.23. The Morgan fingerprint density at radius 3 is 2.50 bits per heavy atom. The molecule has 4 rings (SSSR count). The number of thiazole rings is 1. The van der Waals surface area contributed by atoms with E-state index in [2.05, 4.69) is 16.3 Å². The van der Waals surface area contributed by atoms with Crippen molar-refractivity contribution >= 4 is 32.8 Å². The SMILES string of the molecule is Cc1nc([C@@H]2CC[C@H](F)C[C@H]2C(=O)N[C@H](C#N)C(C)C)c(-c2ccc(N3CCS(=O)(=O)CC3)cc2)s1. The number of nitrogens with zero attached hydrogens (tertiary/aromatic N) is 3. The summed E-state index contributed by atoms with van der Waals surface area (Å²) >= 11 is 1.56. The largest absolute Gasteiger partial charge is 0.369 e. The number of rotatable bonds is 6. The van der Waals surface area contributed by atoms with E-state index in [9.17, 15) is 22.9 Å². The van der Waals surface area contributed by atoms with E-state index in [1.165, 1.54) is 0 Å². The predicted octanol–water partition coefficient (Wildman–Crippen LogP) is 4.24. The molecule has 1 saturated heterocycles. The number of alkyl halides is 1. The second kappa shape index (κ2) is 10.9. The molecule has 1 saturated carbocycles. The number of aromatic nitrogens is 1. The first-order chi connectivity index (χ1) is 17.1. The van der Waals surface area contributed by atoms with E-state index in [0.717, 1.165) is 26.8 Å². The highest BCUT2D eigenvalue weighted by Gasteiger charge is 2.39. The number of sulfone groups is 1. The minimum absolute atomic E-state index is 0.0437. The standard InChI is InChI=1S/C26H33FN4O3S2/c1-16(2)23(15-28)30-26(32)22-14-19(27)6-9-21(22)24-25(35-17(3)29-24)18-4-7-20(8-5-18)31-10-12-36(33,34)13-11-31/h4-5,7-8,16,19,21-23H,6,9-14H2,1-3H3,(H,30,32)/t19-,21+,22+,23+/m0/s1. The van der Waals surface area contributed by atoms with Gasteiger partial charge in [0.1, 0.15) is 12.2 Å². The van der Waals surface area contributed by atoms with Gasteiger partial charge in [0, 0.05) is 30.6 Å². The van der Waals surface area contributed by atoms with Crippen LogP contribution in [-0.2, 0) is 14.6 Å². The number of nitriles is 1. The molecule has 1 amide bonds. The molecule has 2 aliphatic rings. The number of carbonyl (C=O) groups excluding carboxylic acids is 1. The Hall–Kier alpha value is -2.51. The molecule has 1 aliphatic heterocycles. The number of anilines is 1. The molecule has 0 unspecified atom stereocenters. The summed E-state index contributed by atoms with van der Waals surface area (Å²) in [7, 11) is -2.95. The van der Waals surface area contributed by atoms with Gasteiger partial charge in [-0.25, -0.2) is 17.8 Å². The molecule has 0 radical (unpaired) electrons. The summed E-state index contributed by atoms with van der Waals surface area (Å²) in [5.74, 6) is -0.810. The van der Waals surface area contributed by atoms with Gasteiger partial charge in [-0.05, 0) is 49.8 Å². The van der Waals surface area contributed by atoms with E-state index in [1.54, 1.807) is 11.3 Å². The van der Waals surface area contributed by atoms with Gasteiger partial charge < -0.3 is 10.2 Å². The molecule has 2 fully saturated rings. The molecule has 1 aliphatic carbocycles. The van der Waals surface area contributed by atoms with Crippen molar-refractivity contribution in [3.8, 4) is 16.5 Å². The van der Waals surface area contributed by atoms with Crippen molar-refractivity contribution in [2.45, 2.75) is 58.2 Å². The molecule has 36 heavy (non-hydrogen) atoms. The molecule has 10 heteroatoms. The van der Waals surface area contributed by atoms with Gasteiger partial charge in [0.15, 0.2) is 9.84 Å². The van der Waals surface area contributed by atoms with Crippen molar-refractivity contribution in [2.75, 3.05) is 29.5 Å². The fourth-order valence-electron chi connectivity index (χ4n) is 5.04. The normalized spacial score (nSPS) is 24.8. The zero-order valence-corrected chi connectivity index (χ0v) is 22.5. The smallest absolute Gasteiger partial charge is 0.224 e. The topological polar surface area (TPSA) is 103 Å². The fraction of sp³-hybridized carbons (Fsp3) is 0.577. The van der Waals surface area contributed by atoms with E-state index in [0.29, 0.717) is 25.9 Å². The van der Waals surface area contributed by atoms with Crippen LogP contribution in [0, 0.1) is 30.1 Å². The van der Waals surface area contributed by atoms with Crippen LogP contribution in [0.4, 0.5) is 10.1 Å². The zero-order chi connectivity index (χ0) is 26.0. The second-order valence-corrected chi connectivity index (χ2v) is 13.6. The maximum absolute atomic E-state index is 14.5. The lowest BCUT2D eigenvalue weighted by Crippen LogP contribution is -2.44. The molecular weight excluding hydrogens is 499 g/mol. The molecule has 0 spiro atoms. The monoisotopic (exact) mass is 532 g/mol. The van der Waals surface area contributed by atoms with Crippen molar-refractivity contribution in [1.82, 2.24) is 10.3 Å². The second-order valence-electron chi connectivity index (χ2n) is 10.1. The van der Waals surface area contributed by atoms with Gasteiger partial charge in [0.05, 0.1) is 33.2 Å². The average molecular weight is 533 g/mol. The Bertz CT molecular complexity index is 1220. The number of hydrogen-bond donors (Lipinski definition) is 1. The van der Waals surface area contributed by atoms with E-state index < -0.39 is 28.0 Å². The molecule has 1 aromatic carbocycles. The highest BCUT2D eigenvalue weighted by atomic mass is 32.2. The molecule has 194 valence electrons. The first-order valence-corrected chi connectivity index (χ1v) is 15.1. The zero-order valence-electron chi connectivity index (χ0n) is 20.9. The van der Waals surface area contributed by atoms with Crippen LogP contribution in [0.25, 0.3) is 10.4 Å². The molecule has 4 atom stereocenters. The maximum Gasteiger partial charge on any atom is 0.224 e. The van der Waals surface area contributed by atoms with Crippen LogP contribution in [0.3, 0.4) is 0 Å². The van der Waals surface area contributed by atoms with Crippen LogP contribution >= 0.6 is 11.3 Å². The maximum atomic E-state index is 14.5. The Labute approximate surface area is 216 Å². The summed E-state index contributed by atoms with van der Waals surface area (Å²) in [6.45, 7) is 6.64. The Morgan fingerprint density at radius 1 is 1.22 bits per heavy atom. The molecular formula is C26H33FN4O3S2. The fourth-order valence-corrected chi connectivity index (χ4v) is 7.24. The van der Waals surface area contributed by atoms with E-state index in [4.69, 9.17) is 4.98 Å². The summed E-state index contributed by atoms with van der Waals surface area (Å²) in [4.78, 5) is 21.1. The van der Waals surface area contributed by atoms with Crippen molar-refractivity contribution in [3.63, 3.8) is 0 Å². The lowest BCUT2D eigenvalue weighted by molar-refractivity contribution is -0.128. The lowest BCUT2D eigenvalue weighted by Gasteiger charge is -2.33. The third-order valence-electron chi connectivity index (χ3n) is 7.18. The summed E-state index contributed by atoms with van der Waals surface area (Å²) in [6, 6.07) is 9.53. The van der Waals surface area contributed by atoms with Crippen LogP contribution in [-0.4, -0.2) is 56.1 Å². The molecule has 7 nitrogen and oxygen atoms in total. The summed E-state index contributed by atoms with van der Waals surface area (Å²) in [5.41, 5.74) is 2.77. The number of benzene rings is 1. The van der Waals surface area contributed by atoms with Gasteiger partial charge in [-0.2, -0.15) is 5.26 Å². The quantitative estimate of drug-likeness (QED) is 0.597. The Balaban J connectivity index is 1.59. The number of nitrogens with one attached hydrogen (secondary N) is 1. The van der Waals surface area contributed by atoms with E-state index >= 15 is 0 Å². The van der Waals surface area contributed by atoms with E-state index in [1.807, 2.05) is 45.0 Å². The Morgan fingerprint density at radius 2 is 1.89 bits per heavy atom. The summed E-state index contributed by atoms with van der Waals surface area (Å²) < 4.78 is 38.0. The molecule has 1 aromatic heterocycles. The van der Waals surface area contributed by atoms with Crippen LogP contribution in [0.15, 0.2) is 24.3 Å². The molecule has 2 aromatic rings. The lowest BCUT2D eigenvalue weighted by atomic mass is 9.75. The van der Waals surface area contributed by atoms with Crippen LogP contribution in [0.5, 0.6) is 0 Å². The number of aryl methyl sites for hydroxylation is 1. The van der Waals surface area contributed by atoms with Gasteiger partial charge in [-0.15, -0.1) is 11.3 Å². The minimum atomic E-state index is -2.95. The Kier molecular flexibility index (Phi) is 8.00. The number of hydrogen-bond acceptors (Lipinski definition) is 7. The number of halogens is 1. The van der Waals surface area contributed by atoms with Crippen molar-refractivity contribution in [2.24, 2.45) is 11.8 Å². The van der Waals surface area contributed by atoms with Crippen molar-refractivity contribution in [1.29, 1.82) is 5.26 Å². The van der Waals surface area contributed by atoms with Crippen LogP contribution < -0.4 is 10.2 Å². The number of amides is 1. The van der Waals surface area contributed by atoms with Gasteiger partial charge in [0.2, 0.25) is 5.91 Å². The molecule has 0 bridgehead atoms. The molecule has 2 heterocycles. The summed E-state index contributed by atoms with van der Waals surface area (Å²) in [5, 5.41) is 13.1. The van der Waals surface area contributed by atoms with Crippen LogP contribution in [0.1, 0.15) is 49.7 Å². The van der Waals surface area contributed by atoms with Gasteiger partial charge in [-0.1, -0.05) is 26.0 Å². The van der Waals surface area contributed by atoms with Crippen LogP contribution in [0.2, 0.25) is 0 Å². The number of carbonyl (C=O) groups is 1. The van der Waals surface area contributed by atoms with Gasteiger partial charge in [0.25, 0.3) is 0 Å². The molecule has 1 N–H and O–H groups in total. The highest BCUT2D eigenvalue weighted by molar-refractivity contribution is 7.91. The highest BCUT2D eigenvalue weighted by Crippen LogP contribution is 2.44. The third-order valence-corrected chi connectivity index (χ3v) is 9.82. The summed E-state index contributed by atoms with van der Waals surface area (Å²) in [6.07, 6.45) is -0.0196. The van der Waals surface area contributed by atoms with Gasteiger partial charge in [-0.3, -0.25) is 4.79 Å². The first-order valence-electron chi connectivity index (χ1n) is 12.4. The van der Waals surface area contributed by atoms with Crippen molar-refractivity contribution in [3.05, 3.63) is 35.0 Å². The third kappa shape index (κ3) is 5.89. The predicted molar refractivity (Wildman–Crippen MR) is 141 cm³/mol. The van der Waals surface area contributed by atoms with E-state index in [-0.39, 0.29) is 35.7 Å².